The lowest BCUT2D eigenvalue weighted by atomic mass is 9.80. The summed E-state index contributed by atoms with van der Waals surface area (Å²) >= 11 is 0. The van der Waals surface area contributed by atoms with Gasteiger partial charge in [-0.3, -0.25) is 24.5 Å². The molecule has 54 heavy (non-hydrogen) atoms. The fourth-order valence-corrected chi connectivity index (χ4v) is 6.92. The molecule has 1 saturated heterocycles. The highest BCUT2D eigenvalue weighted by atomic mass is 31.1. The highest BCUT2D eigenvalue weighted by Gasteiger charge is 2.46. The molecule has 4 atom stereocenters. The van der Waals surface area contributed by atoms with Crippen molar-refractivity contribution in [2.24, 2.45) is 5.92 Å². The molecule has 1 amide bonds. The van der Waals surface area contributed by atoms with Crippen LogP contribution in [0.15, 0.2) is 90.0 Å². The second-order valence-electron chi connectivity index (χ2n) is 12.7. The lowest BCUT2D eigenvalue weighted by Gasteiger charge is -2.37. The number of ether oxygens (including phenoxy) is 4. The van der Waals surface area contributed by atoms with Crippen molar-refractivity contribution in [1.82, 2.24) is 19.5 Å². The lowest BCUT2D eigenvalue weighted by Crippen LogP contribution is -2.38. The van der Waals surface area contributed by atoms with Crippen molar-refractivity contribution >= 4 is 31.3 Å². The number of anilines is 1. The maximum absolute atomic E-state index is 13.0. The Morgan fingerprint density at radius 3 is 2.26 bits per heavy atom. The molecule has 1 aliphatic heterocycles. The number of H-pyrrole nitrogens is 1. The van der Waals surface area contributed by atoms with Crippen molar-refractivity contribution in [2.75, 3.05) is 32.8 Å². The fourth-order valence-electron chi connectivity index (χ4n) is 6.18. The van der Waals surface area contributed by atoms with Crippen molar-refractivity contribution in [3.05, 3.63) is 112 Å². The molecule has 4 unspecified atom stereocenters. The molecular formula is C38H40N6O9P+. The van der Waals surface area contributed by atoms with Crippen LogP contribution in [-0.4, -0.2) is 65.1 Å². The van der Waals surface area contributed by atoms with E-state index in [-0.39, 0.29) is 55.0 Å². The number of hydrogen-bond acceptors (Lipinski definition) is 12. The van der Waals surface area contributed by atoms with Crippen molar-refractivity contribution < 1.29 is 37.4 Å². The summed E-state index contributed by atoms with van der Waals surface area (Å²) in [5, 5.41) is 11.6. The van der Waals surface area contributed by atoms with E-state index >= 15 is 0 Å². The van der Waals surface area contributed by atoms with Gasteiger partial charge in [-0.25, -0.2) is 4.98 Å². The number of aromatic nitrogens is 4. The maximum Gasteiger partial charge on any atom is 0.697 e. The molecule has 280 valence electrons. The quantitative estimate of drug-likeness (QED) is 0.0680. The summed E-state index contributed by atoms with van der Waals surface area (Å²) in [6.45, 7) is 3.27. The minimum absolute atomic E-state index is 0.0288. The van der Waals surface area contributed by atoms with Crippen LogP contribution < -0.4 is 20.3 Å². The molecule has 0 radical (unpaired) electrons. The largest absolute Gasteiger partial charge is 0.697 e. The average molecular weight is 756 g/mol. The van der Waals surface area contributed by atoms with E-state index in [9.17, 15) is 14.2 Å². The Bertz CT molecular complexity index is 2120. The van der Waals surface area contributed by atoms with Gasteiger partial charge in [0.2, 0.25) is 11.9 Å². The molecule has 0 saturated carbocycles. The number of methoxy groups -OCH3 is 2. The van der Waals surface area contributed by atoms with Crippen LogP contribution >= 0.6 is 8.25 Å². The average Bonchev–Trinajstić information content (AvgIpc) is 3.80. The van der Waals surface area contributed by atoms with Crippen LogP contribution in [0.1, 0.15) is 49.6 Å². The van der Waals surface area contributed by atoms with Crippen molar-refractivity contribution in [3.63, 3.8) is 0 Å². The highest BCUT2D eigenvalue weighted by Crippen LogP contribution is 2.44. The van der Waals surface area contributed by atoms with Crippen molar-refractivity contribution in [2.45, 2.75) is 50.7 Å². The summed E-state index contributed by atoms with van der Waals surface area (Å²) in [4.78, 5) is 36.7. The zero-order valence-corrected chi connectivity index (χ0v) is 31.0. The maximum atomic E-state index is 13.0. The molecule has 2 aromatic heterocycles. The number of benzene rings is 3. The van der Waals surface area contributed by atoms with E-state index in [4.69, 9.17) is 33.3 Å². The molecule has 1 fully saturated rings. The van der Waals surface area contributed by atoms with Crippen LogP contribution in [0.5, 0.6) is 11.5 Å². The minimum atomic E-state index is -2.66. The molecule has 2 N–H and O–H groups in total. The summed E-state index contributed by atoms with van der Waals surface area (Å²) in [5.74, 6) is 0.598. The smallest absolute Gasteiger partial charge is 0.497 e. The second-order valence-corrected chi connectivity index (χ2v) is 13.6. The number of hydrogen-bond donors (Lipinski definition) is 2. The Morgan fingerprint density at radius 1 is 1.04 bits per heavy atom. The van der Waals surface area contributed by atoms with Crippen LogP contribution in [0, 0.1) is 17.2 Å². The number of nitriles is 1. The number of imidazole rings is 1. The van der Waals surface area contributed by atoms with E-state index in [1.165, 1.54) is 6.33 Å². The summed E-state index contributed by atoms with van der Waals surface area (Å²) in [5.41, 5.74) is 0.842. The number of nitrogens with zero attached hydrogens (tertiary/aromatic N) is 4. The number of carbonyl (C=O) groups excluding carboxylic acids is 1. The van der Waals surface area contributed by atoms with Gasteiger partial charge >= 0.3 is 8.25 Å². The molecule has 5 aromatic rings. The molecule has 3 aromatic carbocycles. The standard InChI is InChI=1S/C38H39N6O9P/c1-24(2)35(45)42-37-41-34-33(36(46)43-37)40-23-44(34)32-21-30(53-54(47)51-20-8-19-39)31(52-32)22-50-38(25-9-6-5-7-10-25,26-11-15-28(48-3)16-12-26)27-13-17-29(49-4)18-14-27/h5-7,9-18,23-24,30-32H,8,20-22H2,1-4H3,(H-,41,42,43,45,46)/p+1. The zero-order valence-electron chi connectivity index (χ0n) is 30.1. The Morgan fingerprint density at radius 2 is 1.67 bits per heavy atom. The monoisotopic (exact) mass is 755 g/mol. The van der Waals surface area contributed by atoms with Crippen LogP contribution in [-0.2, 0) is 33.5 Å². The number of aromatic amines is 1. The number of fused-ring (bicyclic) bond motifs is 1. The van der Waals surface area contributed by atoms with E-state index in [1.54, 1.807) is 32.6 Å². The third-order valence-corrected chi connectivity index (χ3v) is 9.79. The Hall–Kier alpha value is -5.49. The molecule has 0 aliphatic carbocycles. The van der Waals surface area contributed by atoms with E-state index in [0.29, 0.717) is 11.5 Å². The van der Waals surface area contributed by atoms with Crippen molar-refractivity contribution in [3.8, 4) is 17.6 Å². The van der Waals surface area contributed by atoms with Gasteiger partial charge in [-0.1, -0.05) is 68.4 Å². The van der Waals surface area contributed by atoms with Gasteiger partial charge in [0, 0.05) is 16.9 Å². The number of amides is 1. The SMILES string of the molecule is COc1ccc(C(OCC2OC(n3cnc4c(=O)[nH]c(NC(=O)C(C)C)nc43)CC2O[P+](=O)OCCC#N)(c2ccccc2)c2ccc(OC)cc2)cc1. The first-order chi connectivity index (χ1) is 26.2. The molecular weight excluding hydrogens is 715 g/mol. The number of carbonyl (C=O) groups is 1. The van der Waals surface area contributed by atoms with E-state index < -0.39 is 37.9 Å². The third kappa shape index (κ3) is 8.18. The first-order valence-corrected chi connectivity index (χ1v) is 18.3. The summed E-state index contributed by atoms with van der Waals surface area (Å²) in [6.07, 6.45) is -0.923. The topological polar surface area (TPSA) is 189 Å². The minimum Gasteiger partial charge on any atom is -0.497 e. The first-order valence-electron chi connectivity index (χ1n) is 17.2. The van der Waals surface area contributed by atoms with Crippen LogP contribution in [0.2, 0.25) is 0 Å². The van der Waals surface area contributed by atoms with Gasteiger partial charge in [-0.2, -0.15) is 10.2 Å². The van der Waals surface area contributed by atoms with Gasteiger partial charge in [0.1, 0.15) is 42.1 Å². The van der Waals surface area contributed by atoms with E-state index in [2.05, 4.69) is 20.3 Å². The Balaban J connectivity index is 1.39. The first kappa shape index (κ1) is 38.2. The van der Waals surface area contributed by atoms with E-state index in [0.717, 1.165) is 16.7 Å². The molecule has 1 aliphatic rings. The molecule has 3 heterocycles. The van der Waals surface area contributed by atoms with Crippen LogP contribution in [0.25, 0.3) is 11.2 Å². The van der Waals surface area contributed by atoms with Gasteiger partial charge in [0.15, 0.2) is 11.2 Å². The summed E-state index contributed by atoms with van der Waals surface area (Å²) in [7, 11) is 0.538. The summed E-state index contributed by atoms with van der Waals surface area (Å²) < 4.78 is 50.4. The number of nitrogens with one attached hydrogen (secondary N) is 2. The van der Waals surface area contributed by atoms with Crippen LogP contribution in [0.4, 0.5) is 5.95 Å². The Kier molecular flexibility index (Phi) is 12.1. The molecule has 16 heteroatoms. The second kappa shape index (κ2) is 17.1. The van der Waals surface area contributed by atoms with Gasteiger partial charge in [-0.15, -0.1) is 9.05 Å². The zero-order chi connectivity index (χ0) is 38.2. The third-order valence-electron chi connectivity index (χ3n) is 8.96. The van der Waals surface area contributed by atoms with Crippen LogP contribution in [0.3, 0.4) is 0 Å². The van der Waals surface area contributed by atoms with Gasteiger partial charge in [-0.05, 0) is 41.0 Å². The number of rotatable bonds is 16. The van der Waals surface area contributed by atoms with E-state index in [1.807, 2.05) is 84.9 Å². The van der Waals surface area contributed by atoms with Gasteiger partial charge < -0.3 is 18.9 Å². The summed E-state index contributed by atoms with van der Waals surface area (Å²) in [6, 6.07) is 26.8. The molecule has 6 rings (SSSR count). The predicted octanol–water partition coefficient (Wildman–Crippen LogP) is 6.00. The molecule has 0 bridgehead atoms. The molecule has 0 spiro atoms. The predicted molar refractivity (Wildman–Crippen MR) is 197 cm³/mol. The lowest BCUT2D eigenvalue weighted by molar-refractivity contribution is -0.118. The highest BCUT2D eigenvalue weighted by molar-refractivity contribution is 7.33. The normalized spacial score (nSPS) is 17.3. The van der Waals surface area contributed by atoms with Gasteiger partial charge in [0.25, 0.3) is 5.56 Å². The van der Waals surface area contributed by atoms with Gasteiger partial charge in [0.05, 0.1) is 39.6 Å². The van der Waals surface area contributed by atoms with Crippen molar-refractivity contribution in [1.29, 1.82) is 5.26 Å². The fraction of sp³-hybridized carbons (Fsp3) is 0.342. The molecule has 15 nitrogen and oxygen atoms in total. The Labute approximate surface area is 312 Å².